The molecule has 9 heteroatoms. The van der Waals surface area contributed by atoms with Crippen LogP contribution in [0.5, 0.6) is 17.2 Å². The van der Waals surface area contributed by atoms with E-state index in [1.807, 2.05) is 12.1 Å². The number of carbonyl (C=O) groups excluding carboxylic acids is 2. The fraction of sp³-hybridized carbons (Fsp3) is 0.333. The second-order valence-electron chi connectivity index (χ2n) is 7.26. The van der Waals surface area contributed by atoms with Gasteiger partial charge in [-0.1, -0.05) is 12.1 Å². The number of anilines is 2. The fourth-order valence-electron chi connectivity index (χ4n) is 3.65. The molecular formula is C21H25N4O5+. The first-order chi connectivity index (χ1) is 14.6. The lowest BCUT2D eigenvalue weighted by molar-refractivity contribution is -0.892. The highest BCUT2D eigenvalue weighted by atomic mass is 16.6. The van der Waals surface area contributed by atoms with Gasteiger partial charge in [-0.3, -0.25) is 10.1 Å². The van der Waals surface area contributed by atoms with Gasteiger partial charge < -0.3 is 29.7 Å². The van der Waals surface area contributed by atoms with Crippen LogP contribution in [0.15, 0.2) is 42.5 Å². The number of amides is 3. The van der Waals surface area contributed by atoms with Gasteiger partial charge in [0.15, 0.2) is 18.0 Å². The quantitative estimate of drug-likeness (QED) is 0.572. The van der Waals surface area contributed by atoms with E-state index in [-0.39, 0.29) is 18.2 Å². The van der Waals surface area contributed by atoms with Gasteiger partial charge >= 0.3 is 6.03 Å². The summed E-state index contributed by atoms with van der Waals surface area (Å²) in [6.07, 6.45) is 0. The van der Waals surface area contributed by atoms with Crippen LogP contribution in [0.4, 0.5) is 16.2 Å². The first-order valence-electron chi connectivity index (χ1n) is 9.95. The minimum atomic E-state index is -0.580. The number of hydrogen-bond acceptors (Lipinski definition) is 6. The molecule has 0 unspecified atom stereocenters. The van der Waals surface area contributed by atoms with Crippen molar-refractivity contribution in [3.63, 3.8) is 0 Å². The third kappa shape index (κ3) is 4.74. The van der Waals surface area contributed by atoms with Crippen molar-refractivity contribution in [2.75, 3.05) is 56.2 Å². The third-order valence-electron chi connectivity index (χ3n) is 5.16. The zero-order valence-corrected chi connectivity index (χ0v) is 16.5. The van der Waals surface area contributed by atoms with Gasteiger partial charge in [0.2, 0.25) is 0 Å². The summed E-state index contributed by atoms with van der Waals surface area (Å²) in [4.78, 5) is 27.6. The average Bonchev–Trinajstić information content (AvgIpc) is 2.74. The van der Waals surface area contributed by atoms with Gasteiger partial charge in [0.1, 0.15) is 19.0 Å². The van der Waals surface area contributed by atoms with Gasteiger partial charge in [0.05, 0.1) is 31.9 Å². The number of nitrogens with zero attached hydrogens (tertiary/aromatic N) is 1. The van der Waals surface area contributed by atoms with E-state index >= 15 is 0 Å². The summed E-state index contributed by atoms with van der Waals surface area (Å²) in [5, 5.41) is 15.0. The molecule has 0 aromatic heterocycles. The van der Waals surface area contributed by atoms with Crippen LogP contribution in [0.25, 0.3) is 0 Å². The third-order valence-corrected chi connectivity index (χ3v) is 5.16. The summed E-state index contributed by atoms with van der Waals surface area (Å²) < 4.78 is 10.9. The Kier molecular flexibility index (Phi) is 5.89. The number of phenols is 1. The number of urea groups is 1. The number of rotatable bonds is 4. The van der Waals surface area contributed by atoms with Crippen LogP contribution in [0, 0.1) is 0 Å². The molecule has 0 atom stereocenters. The van der Waals surface area contributed by atoms with Gasteiger partial charge in [0, 0.05) is 11.8 Å². The van der Waals surface area contributed by atoms with Gasteiger partial charge in [-0.15, -0.1) is 0 Å². The number of nitrogens with one attached hydrogen (secondary N) is 3. The van der Waals surface area contributed by atoms with Crippen LogP contribution in [-0.2, 0) is 4.79 Å². The highest BCUT2D eigenvalue weighted by Crippen LogP contribution is 2.32. The number of aromatic hydroxyl groups is 1. The number of carbonyl (C=O) groups is 2. The minimum Gasteiger partial charge on any atom is -0.506 e. The summed E-state index contributed by atoms with van der Waals surface area (Å²) in [7, 11) is 0. The largest absolute Gasteiger partial charge is 0.506 e. The van der Waals surface area contributed by atoms with Crippen molar-refractivity contribution in [1.29, 1.82) is 0 Å². The number of fused-ring (bicyclic) bond motifs is 1. The molecule has 4 N–H and O–H groups in total. The van der Waals surface area contributed by atoms with Crippen LogP contribution in [0.1, 0.15) is 0 Å². The van der Waals surface area contributed by atoms with E-state index < -0.39 is 6.03 Å². The summed E-state index contributed by atoms with van der Waals surface area (Å²) in [6.45, 7) is 4.10. The van der Waals surface area contributed by atoms with Crippen LogP contribution in [-0.4, -0.2) is 63.0 Å². The number of imide groups is 1. The Morgan fingerprint density at radius 2 is 1.77 bits per heavy atom. The SMILES string of the molecule is O=C(C[NH+]1CCN(c2ccccc2O)CC1)NC(=O)Nc1ccc2c(c1)OCCO2. The van der Waals surface area contributed by atoms with E-state index in [0.29, 0.717) is 30.4 Å². The molecular weight excluding hydrogens is 388 g/mol. The Morgan fingerprint density at radius 3 is 2.53 bits per heavy atom. The normalized spacial score (nSPS) is 16.1. The highest BCUT2D eigenvalue weighted by Gasteiger charge is 2.24. The van der Waals surface area contributed by atoms with Crippen molar-refractivity contribution < 1.29 is 29.1 Å². The molecule has 158 valence electrons. The summed E-state index contributed by atoms with van der Waals surface area (Å²) >= 11 is 0. The molecule has 9 nitrogen and oxygen atoms in total. The van der Waals surface area contributed by atoms with Gasteiger partial charge in [-0.05, 0) is 24.3 Å². The Morgan fingerprint density at radius 1 is 1.03 bits per heavy atom. The lowest BCUT2D eigenvalue weighted by Gasteiger charge is -2.33. The maximum absolute atomic E-state index is 12.3. The summed E-state index contributed by atoms with van der Waals surface area (Å²) in [5.74, 6) is 1.12. The Labute approximate surface area is 174 Å². The topological polar surface area (TPSA) is 105 Å². The molecule has 2 heterocycles. The molecule has 30 heavy (non-hydrogen) atoms. The van der Waals surface area contributed by atoms with Crippen molar-refractivity contribution in [2.45, 2.75) is 0 Å². The van der Waals surface area contributed by atoms with Crippen molar-refractivity contribution in [3.8, 4) is 17.2 Å². The highest BCUT2D eigenvalue weighted by molar-refractivity contribution is 6.01. The molecule has 4 rings (SSSR count). The van der Waals surface area contributed by atoms with Gasteiger partial charge in [0.25, 0.3) is 5.91 Å². The first kappa shape index (κ1) is 19.8. The number of phenolic OH excluding ortho intramolecular Hbond substituents is 1. The predicted molar refractivity (Wildman–Crippen MR) is 110 cm³/mol. The molecule has 2 aliphatic rings. The molecule has 2 aromatic rings. The van der Waals surface area contributed by atoms with Gasteiger partial charge in [-0.25, -0.2) is 4.79 Å². The minimum absolute atomic E-state index is 0.211. The van der Waals surface area contributed by atoms with E-state index in [2.05, 4.69) is 15.5 Å². The standard InChI is InChI=1S/C21H24N4O5/c26-17-4-2-1-3-16(17)25-9-7-24(8-10-25)14-20(27)23-21(28)22-15-5-6-18-19(13-15)30-12-11-29-18/h1-6,13,26H,7-12,14H2,(H2,22,23,27,28)/p+1. The van der Waals surface area contributed by atoms with E-state index in [0.717, 1.165) is 36.8 Å². The van der Waals surface area contributed by atoms with E-state index in [1.54, 1.807) is 30.3 Å². The van der Waals surface area contributed by atoms with Crippen LogP contribution in [0.2, 0.25) is 0 Å². The lowest BCUT2D eigenvalue weighted by Crippen LogP contribution is -3.16. The smallest absolute Gasteiger partial charge is 0.326 e. The number of para-hydroxylation sites is 2. The monoisotopic (exact) mass is 413 g/mol. The fourth-order valence-corrected chi connectivity index (χ4v) is 3.65. The van der Waals surface area contributed by atoms with Gasteiger partial charge in [-0.2, -0.15) is 0 Å². The van der Waals surface area contributed by atoms with Crippen molar-refractivity contribution in [2.24, 2.45) is 0 Å². The average molecular weight is 413 g/mol. The van der Waals surface area contributed by atoms with Crippen LogP contribution < -0.4 is 29.9 Å². The maximum atomic E-state index is 12.3. The molecule has 0 aliphatic carbocycles. The Hall–Kier alpha value is -3.46. The molecule has 2 aromatic carbocycles. The summed E-state index contributed by atoms with van der Waals surface area (Å²) in [6, 6.07) is 11.7. The number of ether oxygens (including phenoxy) is 2. The van der Waals surface area contributed by atoms with E-state index in [9.17, 15) is 14.7 Å². The number of hydrogen-bond donors (Lipinski definition) is 4. The molecule has 1 fully saturated rings. The number of benzene rings is 2. The van der Waals surface area contributed by atoms with Crippen molar-refractivity contribution >= 4 is 23.3 Å². The second kappa shape index (κ2) is 8.91. The zero-order valence-electron chi connectivity index (χ0n) is 16.5. The van der Waals surface area contributed by atoms with Crippen LogP contribution in [0.3, 0.4) is 0 Å². The lowest BCUT2D eigenvalue weighted by atomic mass is 10.2. The number of quaternary nitrogens is 1. The molecule has 0 spiro atoms. The molecule has 0 saturated carbocycles. The van der Waals surface area contributed by atoms with E-state index in [4.69, 9.17) is 9.47 Å². The molecule has 2 aliphatic heterocycles. The van der Waals surface area contributed by atoms with E-state index in [1.165, 1.54) is 0 Å². The van der Waals surface area contributed by atoms with Crippen molar-refractivity contribution in [3.05, 3.63) is 42.5 Å². The predicted octanol–water partition coefficient (Wildman–Crippen LogP) is 0.217. The molecule has 0 bridgehead atoms. The number of piperazine rings is 1. The second-order valence-corrected chi connectivity index (χ2v) is 7.26. The van der Waals surface area contributed by atoms with Crippen molar-refractivity contribution in [1.82, 2.24) is 5.32 Å². The Balaban J connectivity index is 1.23. The molecule has 1 saturated heterocycles. The molecule has 3 amide bonds. The first-order valence-corrected chi connectivity index (χ1v) is 9.95. The molecule has 0 radical (unpaired) electrons. The Bertz CT molecular complexity index is 927. The van der Waals surface area contributed by atoms with Crippen LogP contribution >= 0.6 is 0 Å². The zero-order chi connectivity index (χ0) is 20.9. The summed E-state index contributed by atoms with van der Waals surface area (Å²) in [5.41, 5.74) is 1.33. The maximum Gasteiger partial charge on any atom is 0.326 e.